The van der Waals surface area contributed by atoms with Crippen LogP contribution in [0.1, 0.15) is 30.2 Å². The largest absolute Gasteiger partial charge is 0.490 e. The van der Waals surface area contributed by atoms with E-state index in [2.05, 4.69) is 69.2 Å². The molecular weight excluding hydrogens is 426 g/mol. The number of morpholine rings is 1. The van der Waals surface area contributed by atoms with E-state index < -0.39 is 0 Å². The Labute approximate surface area is 201 Å². The van der Waals surface area contributed by atoms with E-state index in [1.807, 2.05) is 0 Å². The molecule has 4 aliphatic heterocycles. The number of nitrogens with one attached hydrogen (secondary N) is 1. The van der Waals surface area contributed by atoms with E-state index in [9.17, 15) is 0 Å². The third kappa shape index (κ3) is 4.15. The Kier molecular flexibility index (Phi) is 5.69. The highest BCUT2D eigenvalue weighted by molar-refractivity contribution is 5.76. The van der Waals surface area contributed by atoms with Gasteiger partial charge < -0.3 is 24.8 Å². The summed E-state index contributed by atoms with van der Waals surface area (Å²) in [6, 6.07) is 6.74. The Morgan fingerprint density at radius 1 is 1.12 bits per heavy atom. The lowest BCUT2D eigenvalue weighted by molar-refractivity contribution is 0.106. The first-order chi connectivity index (χ1) is 16.6. The maximum absolute atomic E-state index is 6.29. The van der Waals surface area contributed by atoms with Crippen LogP contribution in [0.3, 0.4) is 0 Å². The maximum Gasteiger partial charge on any atom is 0.151 e. The molecule has 2 saturated heterocycles. The van der Waals surface area contributed by atoms with Crippen LogP contribution in [0, 0.1) is 6.92 Å². The van der Waals surface area contributed by atoms with E-state index in [-0.39, 0.29) is 6.10 Å². The van der Waals surface area contributed by atoms with Gasteiger partial charge in [-0.1, -0.05) is 6.07 Å². The van der Waals surface area contributed by atoms with Crippen LogP contribution >= 0.6 is 0 Å². The van der Waals surface area contributed by atoms with Crippen molar-refractivity contribution in [2.45, 2.75) is 45.9 Å². The summed E-state index contributed by atoms with van der Waals surface area (Å²) in [6.07, 6.45) is 6.56. The van der Waals surface area contributed by atoms with Crippen molar-refractivity contribution in [1.82, 2.24) is 20.0 Å². The number of ether oxygens (including phenoxy) is 1. The average Bonchev–Trinajstić information content (AvgIpc) is 3.29. The van der Waals surface area contributed by atoms with Gasteiger partial charge in [-0.05, 0) is 38.3 Å². The van der Waals surface area contributed by atoms with E-state index in [0.717, 1.165) is 83.3 Å². The van der Waals surface area contributed by atoms with Gasteiger partial charge in [-0.2, -0.15) is 5.10 Å². The first kappa shape index (κ1) is 21.5. The molecule has 8 heteroatoms. The van der Waals surface area contributed by atoms with E-state index in [0.29, 0.717) is 0 Å². The lowest BCUT2D eigenvalue weighted by atomic mass is 9.98. The summed E-state index contributed by atoms with van der Waals surface area (Å²) in [6.45, 7) is 12.9. The van der Waals surface area contributed by atoms with Crippen LogP contribution in [0.2, 0.25) is 0 Å². The molecule has 1 atom stereocenters. The van der Waals surface area contributed by atoms with Crippen LogP contribution in [0.25, 0.3) is 0 Å². The second-order valence-electron chi connectivity index (χ2n) is 9.90. The number of aryl methyl sites for hydroxylation is 1. The zero-order valence-electron chi connectivity index (χ0n) is 20.3. The van der Waals surface area contributed by atoms with Crippen molar-refractivity contribution in [3.05, 3.63) is 47.0 Å². The molecule has 5 heterocycles. The minimum Gasteiger partial charge on any atom is -0.490 e. The van der Waals surface area contributed by atoms with Gasteiger partial charge in [-0.3, -0.25) is 9.67 Å². The molecule has 0 spiro atoms. The van der Waals surface area contributed by atoms with Gasteiger partial charge in [-0.15, -0.1) is 0 Å². The number of benzene rings is 1. The standard InChI is InChI=1S/C26H35N7O/c1-19-5-6-24(23-4-3-7-28-26(19)23)32-16-20(2)34-22(18-32)17-30-10-12-31(13-11-30)25-14-21-15-27-8-9-33(21)29-25/h5-7,14,17,20,27H,3-4,8-13,15-16,18H2,1-2H3/b22-17+/t20-/m1/s1. The molecule has 2 fully saturated rings. The molecule has 0 aliphatic carbocycles. The number of aliphatic imine (C=N–C) groups is 1. The van der Waals surface area contributed by atoms with Crippen molar-refractivity contribution in [3.63, 3.8) is 0 Å². The number of rotatable bonds is 3. The van der Waals surface area contributed by atoms with Crippen LogP contribution in [-0.4, -0.2) is 72.8 Å². The quantitative estimate of drug-likeness (QED) is 0.759. The van der Waals surface area contributed by atoms with Gasteiger partial charge in [0.05, 0.1) is 31.0 Å². The van der Waals surface area contributed by atoms with Gasteiger partial charge in [0.1, 0.15) is 11.9 Å². The smallest absolute Gasteiger partial charge is 0.151 e. The number of anilines is 2. The predicted molar refractivity (Wildman–Crippen MR) is 136 cm³/mol. The predicted octanol–water partition coefficient (Wildman–Crippen LogP) is 2.83. The number of piperazine rings is 1. The first-order valence-corrected chi connectivity index (χ1v) is 12.7. The number of fused-ring (bicyclic) bond motifs is 2. The fraction of sp³-hybridized carbons (Fsp3) is 0.538. The van der Waals surface area contributed by atoms with Gasteiger partial charge in [0, 0.05) is 69.0 Å². The number of hydrogen-bond donors (Lipinski definition) is 1. The van der Waals surface area contributed by atoms with Crippen molar-refractivity contribution < 1.29 is 4.74 Å². The molecule has 0 bridgehead atoms. The molecule has 1 aromatic heterocycles. The highest BCUT2D eigenvalue weighted by Gasteiger charge is 2.27. The summed E-state index contributed by atoms with van der Waals surface area (Å²) in [5, 5.41) is 8.27. The van der Waals surface area contributed by atoms with Crippen LogP contribution in [0.4, 0.5) is 17.2 Å². The van der Waals surface area contributed by atoms with Crippen molar-refractivity contribution in [1.29, 1.82) is 0 Å². The third-order valence-corrected chi connectivity index (χ3v) is 7.34. The fourth-order valence-corrected chi connectivity index (χ4v) is 5.60. The molecular formula is C26H35N7O. The minimum absolute atomic E-state index is 0.163. The average molecular weight is 462 g/mol. The van der Waals surface area contributed by atoms with Crippen LogP contribution in [0.15, 0.2) is 35.2 Å². The summed E-state index contributed by atoms with van der Waals surface area (Å²) in [4.78, 5) is 12.0. The fourth-order valence-electron chi connectivity index (χ4n) is 5.60. The molecule has 0 unspecified atom stereocenters. The summed E-state index contributed by atoms with van der Waals surface area (Å²) < 4.78 is 8.44. The second kappa shape index (κ2) is 8.98. The van der Waals surface area contributed by atoms with Gasteiger partial charge in [-0.25, -0.2) is 0 Å². The molecule has 8 nitrogen and oxygen atoms in total. The zero-order chi connectivity index (χ0) is 23.1. The van der Waals surface area contributed by atoms with Crippen molar-refractivity contribution in [3.8, 4) is 0 Å². The molecule has 0 amide bonds. The van der Waals surface area contributed by atoms with Crippen LogP contribution < -0.4 is 15.1 Å². The minimum atomic E-state index is 0.163. The van der Waals surface area contributed by atoms with Crippen LogP contribution in [-0.2, 0) is 24.2 Å². The van der Waals surface area contributed by atoms with E-state index in [1.165, 1.54) is 28.2 Å². The molecule has 1 aromatic carbocycles. The Hall–Kier alpha value is -3.00. The van der Waals surface area contributed by atoms with Crippen LogP contribution in [0.5, 0.6) is 0 Å². The SMILES string of the molecule is Cc1ccc(N2C/C(=C\N3CCN(c4cc5n(n4)CCNC5)CC3)O[C@H](C)C2)c2c1N=CCC2. The first-order valence-electron chi connectivity index (χ1n) is 12.7. The normalized spacial score (nSPS) is 23.6. The Morgan fingerprint density at radius 3 is 2.85 bits per heavy atom. The Morgan fingerprint density at radius 2 is 2.00 bits per heavy atom. The molecule has 0 saturated carbocycles. The lowest BCUT2D eigenvalue weighted by Crippen LogP contribution is -2.46. The zero-order valence-corrected chi connectivity index (χ0v) is 20.3. The highest BCUT2D eigenvalue weighted by atomic mass is 16.5. The second-order valence-corrected chi connectivity index (χ2v) is 9.90. The highest BCUT2D eigenvalue weighted by Crippen LogP contribution is 2.37. The topological polar surface area (TPSA) is 61.2 Å². The molecule has 4 aliphatic rings. The maximum atomic E-state index is 6.29. The van der Waals surface area contributed by atoms with Gasteiger partial charge in [0.25, 0.3) is 0 Å². The third-order valence-electron chi connectivity index (χ3n) is 7.34. The Balaban J connectivity index is 1.14. The molecule has 34 heavy (non-hydrogen) atoms. The molecule has 180 valence electrons. The number of hydrogen-bond acceptors (Lipinski definition) is 7. The van der Waals surface area contributed by atoms with E-state index in [4.69, 9.17) is 14.8 Å². The summed E-state index contributed by atoms with van der Waals surface area (Å²) in [5.74, 6) is 2.18. The van der Waals surface area contributed by atoms with E-state index >= 15 is 0 Å². The lowest BCUT2D eigenvalue weighted by Gasteiger charge is -2.39. The summed E-state index contributed by atoms with van der Waals surface area (Å²) >= 11 is 0. The molecule has 6 rings (SSSR count). The van der Waals surface area contributed by atoms with Gasteiger partial charge in [0.2, 0.25) is 0 Å². The Bertz CT molecular complexity index is 1090. The molecule has 1 N–H and O–H groups in total. The van der Waals surface area contributed by atoms with E-state index in [1.54, 1.807) is 0 Å². The van der Waals surface area contributed by atoms with Crippen molar-refractivity contribution in [2.24, 2.45) is 4.99 Å². The number of aromatic nitrogens is 2. The van der Waals surface area contributed by atoms with Crippen molar-refractivity contribution in [2.75, 3.05) is 55.6 Å². The van der Waals surface area contributed by atoms with Gasteiger partial charge in [0.15, 0.2) is 5.82 Å². The molecule has 0 radical (unpaired) electrons. The summed E-state index contributed by atoms with van der Waals surface area (Å²) in [5.41, 5.74) is 6.43. The monoisotopic (exact) mass is 461 g/mol. The molecule has 2 aromatic rings. The van der Waals surface area contributed by atoms with Gasteiger partial charge >= 0.3 is 0 Å². The number of nitrogens with zero attached hydrogens (tertiary/aromatic N) is 6. The van der Waals surface area contributed by atoms with Crippen molar-refractivity contribution >= 4 is 23.4 Å². The summed E-state index contributed by atoms with van der Waals surface area (Å²) in [7, 11) is 0.